The lowest BCUT2D eigenvalue weighted by Crippen LogP contribution is -2.17. The third kappa shape index (κ3) is 2.80. The molecule has 0 N–H and O–H groups in total. The summed E-state index contributed by atoms with van der Waals surface area (Å²) in [4.78, 5) is 4.25. The van der Waals surface area contributed by atoms with Crippen molar-refractivity contribution >= 4 is 27.5 Å². The molecule has 0 amide bonds. The minimum Gasteiger partial charge on any atom is -0.310 e. The van der Waals surface area contributed by atoms with Crippen LogP contribution in [0.2, 0.25) is 5.15 Å². The Balaban J connectivity index is 1.95. The highest BCUT2D eigenvalue weighted by molar-refractivity contribution is 9.10. The summed E-state index contributed by atoms with van der Waals surface area (Å²) in [6, 6.07) is 15.1. The number of imidazole rings is 1. The molecule has 1 unspecified atom stereocenters. The van der Waals surface area contributed by atoms with E-state index in [1.807, 2.05) is 12.4 Å². The Morgan fingerprint density at radius 2 is 1.79 bits per heavy atom. The summed E-state index contributed by atoms with van der Waals surface area (Å²) in [6.45, 7) is 0. The lowest BCUT2D eigenvalue weighted by atomic mass is 9.84. The maximum absolute atomic E-state index is 6.46. The minimum absolute atomic E-state index is 0.0311. The molecule has 1 atom stereocenters. The van der Waals surface area contributed by atoms with Crippen LogP contribution in [-0.4, -0.2) is 9.55 Å². The molecule has 0 spiro atoms. The van der Waals surface area contributed by atoms with Gasteiger partial charge < -0.3 is 4.57 Å². The number of nitrogens with zero attached hydrogens (tertiary/aromatic N) is 2. The van der Waals surface area contributed by atoms with Gasteiger partial charge in [-0.05, 0) is 54.0 Å². The number of halogens is 2. The predicted molar refractivity (Wildman–Crippen MR) is 102 cm³/mol. The molecule has 1 aliphatic carbocycles. The molecule has 122 valence electrons. The van der Waals surface area contributed by atoms with Crippen molar-refractivity contribution in [3.05, 3.63) is 86.9 Å². The van der Waals surface area contributed by atoms with Crippen LogP contribution in [0.5, 0.6) is 0 Å². The number of aromatic nitrogens is 2. The first-order valence-corrected chi connectivity index (χ1v) is 9.45. The molecule has 24 heavy (non-hydrogen) atoms. The summed E-state index contributed by atoms with van der Waals surface area (Å²) in [5, 5.41) is 0.657. The van der Waals surface area contributed by atoms with E-state index in [2.05, 4.69) is 61.9 Å². The summed E-state index contributed by atoms with van der Waals surface area (Å²) in [5.41, 5.74) is 5.50. The number of hydrogen-bond acceptors (Lipinski definition) is 1. The van der Waals surface area contributed by atoms with Crippen LogP contribution in [0.3, 0.4) is 0 Å². The van der Waals surface area contributed by atoms with Crippen LogP contribution in [0.1, 0.15) is 41.1 Å². The van der Waals surface area contributed by atoms with Crippen molar-refractivity contribution in [3.8, 4) is 0 Å². The van der Waals surface area contributed by atoms with Gasteiger partial charge in [0.25, 0.3) is 0 Å². The zero-order chi connectivity index (χ0) is 16.5. The van der Waals surface area contributed by atoms with Gasteiger partial charge in [-0.3, -0.25) is 0 Å². The molecule has 1 heterocycles. The highest BCUT2D eigenvalue weighted by Crippen LogP contribution is 2.38. The molecule has 0 saturated heterocycles. The van der Waals surface area contributed by atoms with Gasteiger partial charge in [0.2, 0.25) is 0 Å². The minimum atomic E-state index is 0.0311. The molecule has 0 saturated carbocycles. The van der Waals surface area contributed by atoms with Crippen molar-refractivity contribution in [3.63, 3.8) is 0 Å². The maximum atomic E-state index is 6.46. The second kappa shape index (κ2) is 6.73. The van der Waals surface area contributed by atoms with Crippen LogP contribution in [-0.2, 0) is 12.8 Å². The number of hydrogen-bond donors (Lipinski definition) is 0. The summed E-state index contributed by atoms with van der Waals surface area (Å²) in [6.07, 6.45) is 8.38. The highest BCUT2D eigenvalue weighted by Gasteiger charge is 2.25. The van der Waals surface area contributed by atoms with Gasteiger partial charge in [-0.1, -0.05) is 63.9 Å². The molecule has 3 aromatic rings. The van der Waals surface area contributed by atoms with Gasteiger partial charge in [0, 0.05) is 4.47 Å². The van der Waals surface area contributed by atoms with Crippen molar-refractivity contribution in [1.82, 2.24) is 9.55 Å². The van der Waals surface area contributed by atoms with Crippen molar-refractivity contribution in [2.45, 2.75) is 31.7 Å². The van der Waals surface area contributed by atoms with Crippen molar-refractivity contribution in [1.29, 1.82) is 0 Å². The third-order valence-electron chi connectivity index (χ3n) is 4.82. The Morgan fingerprint density at radius 3 is 2.58 bits per heavy atom. The topological polar surface area (TPSA) is 17.8 Å². The smallest absolute Gasteiger partial charge is 0.129 e. The number of fused-ring (bicyclic) bond motifs is 1. The Kier molecular flexibility index (Phi) is 4.47. The average molecular weight is 402 g/mol. The van der Waals surface area contributed by atoms with E-state index in [1.54, 1.807) is 6.20 Å². The van der Waals surface area contributed by atoms with Gasteiger partial charge in [0.05, 0.1) is 18.6 Å². The largest absolute Gasteiger partial charge is 0.310 e. The first-order valence-electron chi connectivity index (χ1n) is 8.28. The number of aryl methyl sites for hydroxylation is 1. The lowest BCUT2D eigenvalue weighted by molar-refractivity contribution is 0.634. The average Bonchev–Trinajstić information content (AvgIpc) is 3.03. The molecule has 2 aromatic carbocycles. The summed E-state index contributed by atoms with van der Waals surface area (Å²) < 4.78 is 3.15. The van der Waals surface area contributed by atoms with Crippen LogP contribution in [0.25, 0.3) is 0 Å². The SMILES string of the molecule is Clc1cncn1C(c1ccccc1Br)c1cccc2c1CCCC2. The molecule has 0 fully saturated rings. The lowest BCUT2D eigenvalue weighted by Gasteiger charge is -2.27. The fourth-order valence-corrected chi connectivity index (χ4v) is 4.41. The van der Waals surface area contributed by atoms with Crippen LogP contribution in [0.15, 0.2) is 59.5 Å². The van der Waals surface area contributed by atoms with E-state index in [0.29, 0.717) is 5.15 Å². The molecule has 1 aliphatic rings. The van der Waals surface area contributed by atoms with E-state index in [1.165, 1.54) is 41.5 Å². The fourth-order valence-electron chi connectivity index (χ4n) is 3.71. The van der Waals surface area contributed by atoms with Gasteiger partial charge in [-0.2, -0.15) is 0 Å². The Morgan fingerprint density at radius 1 is 1.00 bits per heavy atom. The molecule has 4 heteroatoms. The zero-order valence-electron chi connectivity index (χ0n) is 13.3. The van der Waals surface area contributed by atoms with Crippen LogP contribution >= 0.6 is 27.5 Å². The van der Waals surface area contributed by atoms with E-state index in [0.717, 1.165) is 10.9 Å². The van der Waals surface area contributed by atoms with Crippen LogP contribution in [0, 0.1) is 0 Å². The second-order valence-electron chi connectivity index (χ2n) is 6.24. The second-order valence-corrected chi connectivity index (χ2v) is 7.48. The van der Waals surface area contributed by atoms with Crippen molar-refractivity contribution < 1.29 is 0 Å². The third-order valence-corrected chi connectivity index (χ3v) is 5.84. The molecule has 0 aliphatic heterocycles. The molecular formula is C20H18BrClN2. The standard InChI is InChI=1S/C20H18BrClN2/c21-18-11-4-3-9-17(18)20(24-13-23-12-19(24)22)16-10-5-7-14-6-1-2-8-15(14)16/h3-5,7,9-13,20H,1-2,6,8H2. The van der Waals surface area contributed by atoms with Gasteiger partial charge in [0.1, 0.15) is 5.15 Å². The fraction of sp³-hybridized carbons (Fsp3) is 0.250. The Bertz CT molecular complexity index is 872. The van der Waals surface area contributed by atoms with E-state index in [9.17, 15) is 0 Å². The van der Waals surface area contributed by atoms with Gasteiger partial charge in [0.15, 0.2) is 0 Å². The monoisotopic (exact) mass is 400 g/mol. The molecule has 0 bridgehead atoms. The first-order chi connectivity index (χ1) is 11.8. The van der Waals surface area contributed by atoms with Gasteiger partial charge in [-0.25, -0.2) is 4.98 Å². The van der Waals surface area contributed by atoms with E-state index in [-0.39, 0.29) is 6.04 Å². The molecule has 4 rings (SSSR count). The maximum Gasteiger partial charge on any atom is 0.129 e. The molecule has 1 aromatic heterocycles. The molecule has 2 nitrogen and oxygen atoms in total. The molecular weight excluding hydrogens is 384 g/mol. The zero-order valence-corrected chi connectivity index (χ0v) is 15.6. The van der Waals surface area contributed by atoms with Crippen LogP contribution < -0.4 is 0 Å². The Labute approximate surface area is 155 Å². The normalized spacial score (nSPS) is 15.1. The first kappa shape index (κ1) is 15.9. The van der Waals surface area contributed by atoms with Crippen molar-refractivity contribution in [2.75, 3.05) is 0 Å². The quantitative estimate of drug-likeness (QED) is 0.541. The summed E-state index contributed by atoms with van der Waals surface area (Å²) in [7, 11) is 0. The van der Waals surface area contributed by atoms with Gasteiger partial charge >= 0.3 is 0 Å². The van der Waals surface area contributed by atoms with Gasteiger partial charge in [-0.15, -0.1) is 0 Å². The summed E-state index contributed by atoms with van der Waals surface area (Å²) >= 11 is 10.2. The van der Waals surface area contributed by atoms with E-state index >= 15 is 0 Å². The highest BCUT2D eigenvalue weighted by atomic mass is 79.9. The van der Waals surface area contributed by atoms with Crippen LogP contribution in [0.4, 0.5) is 0 Å². The van der Waals surface area contributed by atoms with E-state index < -0.39 is 0 Å². The Hall–Kier alpha value is -1.58. The van der Waals surface area contributed by atoms with Crippen molar-refractivity contribution in [2.24, 2.45) is 0 Å². The summed E-state index contributed by atoms with van der Waals surface area (Å²) in [5.74, 6) is 0. The van der Waals surface area contributed by atoms with E-state index in [4.69, 9.17) is 11.6 Å². The molecule has 0 radical (unpaired) electrons. The number of rotatable bonds is 3. The number of benzene rings is 2. The predicted octanol–water partition coefficient (Wildman–Crippen LogP) is 5.82.